The number of hydrogen-bond donors (Lipinski definition) is 2. The Labute approximate surface area is 387 Å². The predicted molar refractivity (Wildman–Crippen MR) is 261 cm³/mol. The van der Waals surface area contributed by atoms with Gasteiger partial charge in [0.1, 0.15) is 19.8 Å². The van der Waals surface area contributed by atoms with Crippen molar-refractivity contribution >= 4 is 19.8 Å². The van der Waals surface area contributed by atoms with E-state index in [1.54, 1.807) is 30.4 Å². The fourth-order valence-corrected chi connectivity index (χ4v) is 6.16. The van der Waals surface area contributed by atoms with Crippen LogP contribution in [-0.2, 0) is 32.7 Å². The van der Waals surface area contributed by atoms with Crippen LogP contribution in [0.15, 0.2) is 122 Å². The van der Waals surface area contributed by atoms with Crippen molar-refractivity contribution in [1.82, 2.24) is 0 Å². The highest BCUT2D eigenvalue weighted by Crippen LogP contribution is 2.38. The summed E-state index contributed by atoms with van der Waals surface area (Å²) in [5.41, 5.74) is 0. The van der Waals surface area contributed by atoms with Crippen molar-refractivity contribution in [2.75, 3.05) is 47.5 Å². The van der Waals surface area contributed by atoms with E-state index < -0.39 is 44.7 Å². The lowest BCUT2D eigenvalue weighted by atomic mass is 10.1. The van der Waals surface area contributed by atoms with Crippen LogP contribution in [0.2, 0.25) is 0 Å². The van der Waals surface area contributed by atoms with Gasteiger partial charge < -0.3 is 38.1 Å². The molecule has 0 heterocycles. The molecular formula is C52H84NO10P. The number of nitrogens with zero attached hydrogens (tertiary/aromatic N) is 1. The van der Waals surface area contributed by atoms with Crippen molar-refractivity contribution in [1.29, 1.82) is 0 Å². The molecule has 11 nitrogen and oxygen atoms in total. The first-order valence-electron chi connectivity index (χ1n) is 23.5. The third-order valence-corrected chi connectivity index (χ3v) is 10.1. The predicted octanol–water partition coefficient (Wildman–Crippen LogP) is 11.0. The molecule has 0 aromatic heterocycles. The Morgan fingerprint density at radius 3 is 1.81 bits per heavy atom. The number of aliphatic hydroxyl groups is 2. The molecule has 0 fully saturated rings. The second kappa shape index (κ2) is 42.0. The van der Waals surface area contributed by atoms with E-state index in [9.17, 15) is 29.3 Å². The molecule has 0 amide bonds. The molecule has 0 saturated carbocycles. The number of quaternary nitrogens is 1. The third-order valence-electron chi connectivity index (χ3n) is 9.14. The van der Waals surface area contributed by atoms with E-state index in [2.05, 4.69) is 62.5 Å². The Morgan fingerprint density at radius 2 is 1.19 bits per heavy atom. The summed E-state index contributed by atoms with van der Waals surface area (Å²) in [5.74, 6) is -1.07. The highest BCUT2D eigenvalue weighted by molar-refractivity contribution is 7.45. The normalized spacial score (nSPS) is 15.6. The van der Waals surface area contributed by atoms with Gasteiger partial charge in [-0.15, -0.1) is 0 Å². The smallest absolute Gasteiger partial charge is 0.306 e. The summed E-state index contributed by atoms with van der Waals surface area (Å²) in [4.78, 5) is 37.6. The van der Waals surface area contributed by atoms with Gasteiger partial charge in [-0.3, -0.25) is 14.2 Å². The maximum absolute atomic E-state index is 12.7. The average Bonchev–Trinajstić information content (AvgIpc) is 3.24. The van der Waals surface area contributed by atoms with Crippen LogP contribution in [0.25, 0.3) is 0 Å². The van der Waals surface area contributed by atoms with Crippen molar-refractivity contribution in [3.8, 4) is 0 Å². The maximum Gasteiger partial charge on any atom is 0.306 e. The number of ether oxygens (including phenoxy) is 2. The van der Waals surface area contributed by atoms with Crippen LogP contribution in [0.3, 0.4) is 0 Å². The van der Waals surface area contributed by atoms with Gasteiger partial charge in [0.25, 0.3) is 7.82 Å². The minimum Gasteiger partial charge on any atom is -0.756 e. The zero-order chi connectivity index (χ0) is 47.4. The average molecular weight is 914 g/mol. The number of carbonyl (C=O) groups is 2. The number of phosphoric acid groups is 1. The van der Waals surface area contributed by atoms with Gasteiger partial charge in [0.05, 0.1) is 40.0 Å². The molecule has 2 N–H and O–H groups in total. The number of carbonyl (C=O) groups excluding carboxylic acids is 2. The van der Waals surface area contributed by atoms with Crippen LogP contribution < -0.4 is 4.89 Å². The van der Waals surface area contributed by atoms with Crippen molar-refractivity contribution in [3.05, 3.63) is 122 Å². The topological polar surface area (TPSA) is 152 Å². The number of aliphatic hydroxyl groups excluding tert-OH is 2. The van der Waals surface area contributed by atoms with Gasteiger partial charge in [-0.25, -0.2) is 0 Å². The lowest BCUT2D eigenvalue weighted by molar-refractivity contribution is -0.870. The Bertz CT molecular complexity index is 1530. The van der Waals surface area contributed by atoms with Crippen molar-refractivity contribution in [3.63, 3.8) is 0 Å². The summed E-state index contributed by atoms with van der Waals surface area (Å²) in [6, 6.07) is 0. The van der Waals surface area contributed by atoms with Crippen LogP contribution in [0.4, 0.5) is 0 Å². The molecule has 0 radical (unpaired) electrons. The van der Waals surface area contributed by atoms with Crippen LogP contribution in [0, 0.1) is 0 Å². The van der Waals surface area contributed by atoms with Crippen molar-refractivity contribution < 1.29 is 52.3 Å². The summed E-state index contributed by atoms with van der Waals surface area (Å²) in [5, 5.41) is 20.0. The lowest BCUT2D eigenvalue weighted by Crippen LogP contribution is -2.37. The van der Waals surface area contributed by atoms with E-state index in [1.807, 2.05) is 63.7 Å². The minimum absolute atomic E-state index is 0.0752. The Balaban J connectivity index is 4.65. The third kappa shape index (κ3) is 44.9. The van der Waals surface area contributed by atoms with E-state index in [1.165, 1.54) is 25.7 Å². The van der Waals surface area contributed by atoms with Crippen LogP contribution in [0.5, 0.6) is 0 Å². The number of rotatable bonds is 40. The van der Waals surface area contributed by atoms with Crippen LogP contribution >= 0.6 is 7.82 Å². The van der Waals surface area contributed by atoms with E-state index in [0.717, 1.165) is 44.9 Å². The van der Waals surface area contributed by atoms with Crippen LogP contribution in [0.1, 0.15) is 129 Å². The van der Waals surface area contributed by atoms with Crippen LogP contribution in [-0.4, -0.2) is 92.5 Å². The molecule has 0 aliphatic carbocycles. The number of hydrogen-bond acceptors (Lipinski definition) is 10. The summed E-state index contributed by atoms with van der Waals surface area (Å²) < 4.78 is 33.7. The van der Waals surface area contributed by atoms with Gasteiger partial charge in [-0.2, -0.15) is 0 Å². The van der Waals surface area contributed by atoms with Crippen molar-refractivity contribution in [2.24, 2.45) is 0 Å². The van der Waals surface area contributed by atoms with Gasteiger partial charge >= 0.3 is 11.9 Å². The van der Waals surface area contributed by atoms with Gasteiger partial charge in [0, 0.05) is 12.8 Å². The lowest BCUT2D eigenvalue weighted by Gasteiger charge is -2.28. The van der Waals surface area contributed by atoms with E-state index in [0.29, 0.717) is 43.1 Å². The molecule has 0 rings (SSSR count). The molecule has 0 bridgehead atoms. The molecule has 64 heavy (non-hydrogen) atoms. The summed E-state index contributed by atoms with van der Waals surface area (Å²) in [6.45, 7) is 3.71. The number of phosphoric ester groups is 1. The second-order valence-corrected chi connectivity index (χ2v) is 17.8. The molecule has 12 heteroatoms. The molecule has 0 aromatic carbocycles. The standard InChI is InChI=1S/C52H84NO10P/c1-6-8-10-11-12-13-14-15-16-17-18-19-20-21-22-23-27-30-36-43-52(57)63-50(47-62-64(58,59)61-45-44-53(3,4)5)46-60-51(56)42-37-31-35-41-49(55)40-34-29-26-24-25-28-33-39-48(54)38-32-9-7-2/h9,12-13,15-16,18-19,21-22,25-26,28-29,32-35,39-41,48-50,54-55H,6-8,10-11,14,17,20,23-24,27,30-31,36-38,42-47H2,1-5H3/b13-12-,16-15-,19-18-,22-21-,28-25-,29-26-,32-9-,39-33+,40-34+,41-35-/t48-,49-,50-/m1/s1. The quantitative estimate of drug-likeness (QED) is 0.0152. The first-order valence-corrected chi connectivity index (χ1v) is 24.9. The first-order chi connectivity index (χ1) is 30.8. The first kappa shape index (κ1) is 60.3. The Morgan fingerprint density at radius 1 is 0.609 bits per heavy atom. The molecule has 362 valence electrons. The zero-order valence-corrected chi connectivity index (χ0v) is 40.8. The number of esters is 2. The van der Waals surface area contributed by atoms with E-state index >= 15 is 0 Å². The van der Waals surface area contributed by atoms with E-state index in [4.69, 9.17) is 18.5 Å². The molecule has 0 aliphatic heterocycles. The fraction of sp³-hybridized carbons (Fsp3) is 0.577. The highest BCUT2D eigenvalue weighted by Gasteiger charge is 2.21. The monoisotopic (exact) mass is 914 g/mol. The largest absolute Gasteiger partial charge is 0.756 e. The summed E-state index contributed by atoms with van der Waals surface area (Å²) in [7, 11) is 1.01. The highest BCUT2D eigenvalue weighted by atomic mass is 31.2. The minimum atomic E-state index is -4.70. The molecular weight excluding hydrogens is 830 g/mol. The fourth-order valence-electron chi connectivity index (χ4n) is 5.43. The molecule has 0 aromatic rings. The molecule has 0 spiro atoms. The summed E-state index contributed by atoms with van der Waals surface area (Å²) >= 11 is 0. The molecule has 0 aliphatic rings. The number of unbranched alkanes of at least 4 members (excludes halogenated alkanes) is 7. The SMILES string of the molecule is CC/C=C\C[C@@H](O)/C=C/C=C\C/C=C\C=C\[C@@H](O)/C=C\CCCC(=O)OC[C@H](COP(=O)([O-])OCC[N+](C)(C)C)OC(=O)CCCCC/C=C\C/C=C\C/C=C\C/C=C\CCCCC. The Hall–Kier alpha value is -3.67. The summed E-state index contributed by atoms with van der Waals surface area (Å²) in [6.07, 6.45) is 51.6. The molecule has 0 saturated heterocycles. The molecule has 1 unspecified atom stereocenters. The van der Waals surface area contributed by atoms with Gasteiger partial charge in [-0.05, 0) is 83.5 Å². The molecule has 4 atom stereocenters. The number of likely N-dealkylation sites (N-methyl/N-ethyl adjacent to an activating group) is 1. The zero-order valence-electron chi connectivity index (χ0n) is 39.9. The van der Waals surface area contributed by atoms with Gasteiger partial charge in [0.2, 0.25) is 0 Å². The van der Waals surface area contributed by atoms with Gasteiger partial charge in [0.15, 0.2) is 6.10 Å². The maximum atomic E-state index is 12.7. The number of allylic oxidation sites excluding steroid dienone is 16. The second-order valence-electron chi connectivity index (χ2n) is 16.4. The van der Waals surface area contributed by atoms with Gasteiger partial charge in [-0.1, -0.05) is 155 Å². The van der Waals surface area contributed by atoms with E-state index in [-0.39, 0.29) is 26.1 Å². The van der Waals surface area contributed by atoms with Crippen molar-refractivity contribution in [2.45, 2.75) is 148 Å². The Kier molecular flexibility index (Phi) is 39.6.